The summed E-state index contributed by atoms with van der Waals surface area (Å²) >= 11 is 5.50. The van der Waals surface area contributed by atoms with E-state index in [1.807, 2.05) is 36.4 Å². The van der Waals surface area contributed by atoms with Crippen LogP contribution in [0.25, 0.3) is 0 Å². The number of benzene rings is 2. The Hall–Kier alpha value is -2.27. The zero-order valence-corrected chi connectivity index (χ0v) is 16.9. The minimum absolute atomic E-state index is 0.154. The van der Waals surface area contributed by atoms with Gasteiger partial charge in [0.2, 0.25) is 0 Å². The van der Waals surface area contributed by atoms with E-state index < -0.39 is 0 Å². The SMILES string of the molecule is CCC(NC(=S)Nc1ccc(OC2CCCC2)cc1)c1ccc(OC)cc1. The summed E-state index contributed by atoms with van der Waals surface area (Å²) in [6, 6.07) is 16.3. The molecule has 0 amide bonds. The Morgan fingerprint density at radius 3 is 2.26 bits per heavy atom. The van der Waals surface area contributed by atoms with Crippen molar-refractivity contribution >= 4 is 23.0 Å². The number of rotatable bonds is 7. The van der Waals surface area contributed by atoms with Gasteiger partial charge in [-0.3, -0.25) is 0 Å². The van der Waals surface area contributed by atoms with Crippen LogP contribution in [0.3, 0.4) is 0 Å². The van der Waals surface area contributed by atoms with Crippen LogP contribution < -0.4 is 20.1 Å². The number of anilines is 1. The van der Waals surface area contributed by atoms with Crippen LogP contribution in [0, 0.1) is 0 Å². The van der Waals surface area contributed by atoms with Crippen molar-refractivity contribution < 1.29 is 9.47 Å². The monoisotopic (exact) mass is 384 g/mol. The molecule has 0 radical (unpaired) electrons. The van der Waals surface area contributed by atoms with E-state index in [1.54, 1.807) is 7.11 Å². The third-order valence-electron chi connectivity index (χ3n) is 4.95. The predicted octanol–water partition coefficient (Wildman–Crippen LogP) is 5.45. The summed E-state index contributed by atoms with van der Waals surface area (Å²) in [5, 5.41) is 7.26. The van der Waals surface area contributed by atoms with Crippen molar-refractivity contribution in [2.45, 2.75) is 51.2 Å². The maximum atomic E-state index is 6.01. The van der Waals surface area contributed by atoms with E-state index in [4.69, 9.17) is 21.7 Å². The highest BCUT2D eigenvalue weighted by molar-refractivity contribution is 7.80. The molecule has 5 heteroatoms. The first-order chi connectivity index (χ1) is 13.2. The van der Waals surface area contributed by atoms with Crippen LogP contribution in [0.15, 0.2) is 48.5 Å². The molecular formula is C22H28N2O2S. The van der Waals surface area contributed by atoms with Crippen LogP contribution in [-0.4, -0.2) is 18.3 Å². The summed E-state index contributed by atoms with van der Waals surface area (Å²) < 4.78 is 11.2. The van der Waals surface area contributed by atoms with Crippen LogP contribution in [0.1, 0.15) is 50.6 Å². The molecule has 0 bridgehead atoms. The van der Waals surface area contributed by atoms with E-state index in [0.29, 0.717) is 11.2 Å². The third kappa shape index (κ3) is 5.60. The van der Waals surface area contributed by atoms with Crippen molar-refractivity contribution in [3.63, 3.8) is 0 Å². The van der Waals surface area contributed by atoms with Gasteiger partial charge in [0, 0.05) is 5.69 Å². The lowest BCUT2D eigenvalue weighted by atomic mass is 10.0. The summed E-state index contributed by atoms with van der Waals surface area (Å²) in [6.07, 6.45) is 6.19. The molecule has 1 saturated carbocycles. The second kappa shape index (κ2) is 9.60. The molecule has 4 nitrogen and oxygen atoms in total. The molecule has 27 heavy (non-hydrogen) atoms. The summed E-state index contributed by atoms with van der Waals surface area (Å²) in [5.74, 6) is 1.78. The van der Waals surface area contributed by atoms with E-state index >= 15 is 0 Å². The van der Waals surface area contributed by atoms with Crippen molar-refractivity contribution in [1.82, 2.24) is 5.32 Å². The zero-order chi connectivity index (χ0) is 19.1. The van der Waals surface area contributed by atoms with Gasteiger partial charge < -0.3 is 20.1 Å². The number of thiocarbonyl (C=S) groups is 1. The van der Waals surface area contributed by atoms with Gasteiger partial charge in [0.25, 0.3) is 0 Å². The van der Waals surface area contributed by atoms with Crippen LogP contribution in [0.4, 0.5) is 5.69 Å². The molecule has 1 unspecified atom stereocenters. The van der Waals surface area contributed by atoms with Crippen LogP contribution in [0.5, 0.6) is 11.5 Å². The molecule has 0 saturated heterocycles. The average Bonchev–Trinajstić information content (AvgIpc) is 3.21. The third-order valence-corrected chi connectivity index (χ3v) is 5.17. The number of nitrogens with one attached hydrogen (secondary N) is 2. The van der Waals surface area contributed by atoms with Crippen molar-refractivity contribution in [3.8, 4) is 11.5 Å². The molecule has 0 heterocycles. The first kappa shape index (κ1) is 19.5. The normalized spacial score (nSPS) is 15.2. The maximum Gasteiger partial charge on any atom is 0.171 e. The predicted molar refractivity (Wildman–Crippen MR) is 115 cm³/mol. The van der Waals surface area contributed by atoms with Crippen molar-refractivity contribution in [3.05, 3.63) is 54.1 Å². The molecule has 3 rings (SSSR count). The molecule has 144 valence electrons. The van der Waals surface area contributed by atoms with Gasteiger partial charge in [0.05, 0.1) is 19.3 Å². The van der Waals surface area contributed by atoms with Gasteiger partial charge >= 0.3 is 0 Å². The number of hydrogen-bond donors (Lipinski definition) is 2. The summed E-state index contributed by atoms with van der Waals surface area (Å²) in [7, 11) is 1.67. The minimum Gasteiger partial charge on any atom is -0.497 e. The number of ether oxygens (including phenoxy) is 2. The Labute approximate surface area is 167 Å². The Morgan fingerprint density at radius 2 is 1.67 bits per heavy atom. The maximum absolute atomic E-state index is 6.01. The fourth-order valence-electron chi connectivity index (χ4n) is 3.40. The van der Waals surface area contributed by atoms with E-state index in [0.717, 1.165) is 36.4 Å². The van der Waals surface area contributed by atoms with E-state index in [1.165, 1.54) is 18.4 Å². The Kier molecular flexibility index (Phi) is 6.93. The summed E-state index contributed by atoms with van der Waals surface area (Å²) in [6.45, 7) is 2.14. The molecule has 2 aromatic carbocycles. The highest BCUT2D eigenvalue weighted by Crippen LogP contribution is 2.25. The van der Waals surface area contributed by atoms with Gasteiger partial charge in [-0.05, 0) is 86.3 Å². The smallest absolute Gasteiger partial charge is 0.171 e. The standard InChI is InChI=1S/C22H28N2O2S/c1-3-21(16-8-12-18(25-2)13-9-16)24-22(27)23-17-10-14-20(15-11-17)26-19-6-4-5-7-19/h8-15,19,21H,3-7H2,1-2H3,(H2,23,24,27). The van der Waals surface area contributed by atoms with Gasteiger partial charge in [0.1, 0.15) is 11.5 Å². The quantitative estimate of drug-likeness (QED) is 0.621. The van der Waals surface area contributed by atoms with Crippen molar-refractivity contribution in [2.24, 2.45) is 0 Å². The lowest BCUT2D eigenvalue weighted by molar-refractivity contribution is 0.210. The van der Waals surface area contributed by atoms with Gasteiger partial charge in [-0.15, -0.1) is 0 Å². The van der Waals surface area contributed by atoms with E-state index in [2.05, 4.69) is 29.7 Å². The molecule has 0 aliphatic heterocycles. The lowest BCUT2D eigenvalue weighted by Crippen LogP contribution is -2.32. The second-order valence-electron chi connectivity index (χ2n) is 6.88. The van der Waals surface area contributed by atoms with E-state index in [-0.39, 0.29) is 6.04 Å². The molecule has 1 aliphatic carbocycles. The molecule has 0 spiro atoms. The lowest BCUT2D eigenvalue weighted by Gasteiger charge is -2.20. The topological polar surface area (TPSA) is 42.5 Å². The second-order valence-corrected chi connectivity index (χ2v) is 7.29. The summed E-state index contributed by atoms with van der Waals surface area (Å²) in [5.41, 5.74) is 2.14. The first-order valence-corrected chi connectivity index (χ1v) is 10.1. The fourth-order valence-corrected chi connectivity index (χ4v) is 3.66. The average molecular weight is 385 g/mol. The van der Waals surface area contributed by atoms with Gasteiger partial charge in [-0.25, -0.2) is 0 Å². The Balaban J connectivity index is 1.53. The van der Waals surface area contributed by atoms with Gasteiger partial charge in [0.15, 0.2) is 5.11 Å². The van der Waals surface area contributed by atoms with Gasteiger partial charge in [-0.2, -0.15) is 0 Å². The molecule has 1 aliphatic rings. The molecule has 1 atom stereocenters. The number of methoxy groups -OCH3 is 1. The number of hydrogen-bond acceptors (Lipinski definition) is 3. The van der Waals surface area contributed by atoms with Gasteiger partial charge in [-0.1, -0.05) is 19.1 Å². The largest absolute Gasteiger partial charge is 0.497 e. The Bertz CT molecular complexity index is 725. The van der Waals surface area contributed by atoms with Crippen LogP contribution in [0.2, 0.25) is 0 Å². The van der Waals surface area contributed by atoms with Crippen molar-refractivity contribution in [2.75, 3.05) is 12.4 Å². The van der Waals surface area contributed by atoms with Crippen LogP contribution in [-0.2, 0) is 0 Å². The van der Waals surface area contributed by atoms with Crippen molar-refractivity contribution in [1.29, 1.82) is 0 Å². The van der Waals surface area contributed by atoms with Crippen LogP contribution >= 0.6 is 12.2 Å². The van der Waals surface area contributed by atoms with E-state index in [9.17, 15) is 0 Å². The Morgan fingerprint density at radius 1 is 1.04 bits per heavy atom. The molecule has 2 N–H and O–H groups in total. The highest BCUT2D eigenvalue weighted by atomic mass is 32.1. The first-order valence-electron chi connectivity index (χ1n) is 9.66. The zero-order valence-electron chi connectivity index (χ0n) is 16.0. The molecule has 2 aromatic rings. The minimum atomic E-state index is 0.154. The molecule has 1 fully saturated rings. The summed E-state index contributed by atoms with van der Waals surface area (Å²) in [4.78, 5) is 0. The molecular weight excluding hydrogens is 356 g/mol. The fraction of sp³-hybridized carbons (Fsp3) is 0.409. The molecule has 0 aromatic heterocycles. The highest BCUT2D eigenvalue weighted by Gasteiger charge is 2.16.